The van der Waals surface area contributed by atoms with Crippen LogP contribution in [-0.4, -0.2) is 27.7 Å². The Morgan fingerprint density at radius 3 is 2.66 bits per heavy atom. The highest BCUT2D eigenvalue weighted by atomic mass is 32.2. The first-order valence-corrected chi connectivity index (χ1v) is 10.9. The predicted molar refractivity (Wildman–Crippen MR) is 120 cm³/mol. The minimum atomic E-state index is -0.835. The SMILES string of the molecule is C=CCSc1n[n+]2c(c(=O)[nH]1)-c1ccccc1N(C(C)=O)[C@H]2c1ccccc1OC(C)=O. The minimum Gasteiger partial charge on any atom is -0.426 e. The summed E-state index contributed by atoms with van der Waals surface area (Å²) < 4.78 is 6.96. The average Bonchev–Trinajstić information content (AvgIpc) is 2.76. The quantitative estimate of drug-likeness (QED) is 0.212. The number of anilines is 1. The third-order valence-electron chi connectivity index (χ3n) is 4.89. The number of hydrogen-bond acceptors (Lipinski definition) is 6. The average molecular weight is 450 g/mol. The molecule has 0 radical (unpaired) electrons. The van der Waals surface area contributed by atoms with Crippen molar-refractivity contribution in [3.63, 3.8) is 0 Å². The first-order valence-electron chi connectivity index (χ1n) is 9.88. The van der Waals surface area contributed by atoms with Gasteiger partial charge in [0.25, 0.3) is 6.17 Å². The minimum absolute atomic E-state index is 0.249. The third kappa shape index (κ3) is 3.82. The van der Waals surface area contributed by atoms with Crippen LogP contribution in [0.2, 0.25) is 0 Å². The lowest BCUT2D eigenvalue weighted by atomic mass is 10.0. The van der Waals surface area contributed by atoms with Crippen molar-refractivity contribution in [3.8, 4) is 17.0 Å². The summed E-state index contributed by atoms with van der Waals surface area (Å²) in [6.45, 7) is 6.46. The molecule has 0 saturated carbocycles. The van der Waals surface area contributed by atoms with Crippen LogP contribution in [0, 0.1) is 0 Å². The number of aromatic amines is 1. The van der Waals surface area contributed by atoms with E-state index in [-0.39, 0.29) is 17.2 Å². The highest BCUT2D eigenvalue weighted by Gasteiger charge is 2.46. The Morgan fingerprint density at radius 2 is 1.94 bits per heavy atom. The molecule has 0 aliphatic carbocycles. The van der Waals surface area contributed by atoms with Gasteiger partial charge in [-0.1, -0.05) is 42.1 Å². The maximum absolute atomic E-state index is 13.2. The second-order valence-electron chi connectivity index (χ2n) is 7.06. The molecule has 9 heteroatoms. The molecule has 3 aromatic rings. The van der Waals surface area contributed by atoms with Crippen molar-refractivity contribution >= 4 is 29.3 Å². The molecule has 162 valence electrons. The number of aromatic nitrogens is 3. The molecule has 1 amide bonds. The molecule has 1 aliphatic heterocycles. The molecule has 1 N–H and O–H groups in total. The summed E-state index contributed by atoms with van der Waals surface area (Å²) in [5.41, 5.74) is 1.65. The Morgan fingerprint density at radius 1 is 1.22 bits per heavy atom. The predicted octanol–water partition coefficient (Wildman–Crippen LogP) is 2.84. The van der Waals surface area contributed by atoms with Crippen LogP contribution in [0.1, 0.15) is 25.6 Å². The van der Waals surface area contributed by atoms with Crippen LogP contribution in [-0.2, 0) is 9.59 Å². The number of amides is 1. The van der Waals surface area contributed by atoms with Gasteiger partial charge < -0.3 is 4.74 Å². The summed E-state index contributed by atoms with van der Waals surface area (Å²) in [5.74, 6) is 0.0932. The van der Waals surface area contributed by atoms with Gasteiger partial charge in [-0.05, 0) is 28.9 Å². The Hall–Kier alpha value is -3.72. The highest BCUT2D eigenvalue weighted by molar-refractivity contribution is 7.99. The number of nitrogens with one attached hydrogen (secondary N) is 1. The zero-order valence-electron chi connectivity index (χ0n) is 17.6. The number of fused-ring (bicyclic) bond motifs is 3. The topological polar surface area (TPSA) is 96.2 Å². The van der Waals surface area contributed by atoms with E-state index in [4.69, 9.17) is 4.74 Å². The van der Waals surface area contributed by atoms with Crippen molar-refractivity contribution < 1.29 is 19.0 Å². The highest BCUT2D eigenvalue weighted by Crippen LogP contribution is 2.39. The van der Waals surface area contributed by atoms with E-state index in [0.29, 0.717) is 33.4 Å². The maximum Gasteiger partial charge on any atom is 0.325 e. The molecule has 1 aromatic heterocycles. The summed E-state index contributed by atoms with van der Waals surface area (Å²) in [7, 11) is 0. The molecule has 1 aliphatic rings. The van der Waals surface area contributed by atoms with Gasteiger partial charge in [0.1, 0.15) is 5.75 Å². The van der Waals surface area contributed by atoms with E-state index in [1.54, 1.807) is 59.5 Å². The normalized spacial score (nSPS) is 14.3. The van der Waals surface area contributed by atoms with Gasteiger partial charge in [-0.25, -0.2) is 4.90 Å². The lowest BCUT2D eigenvalue weighted by molar-refractivity contribution is -0.763. The van der Waals surface area contributed by atoms with E-state index < -0.39 is 12.1 Å². The molecular formula is C23H21N4O4S+. The maximum atomic E-state index is 13.2. The number of nitrogens with zero attached hydrogens (tertiary/aromatic N) is 3. The summed E-state index contributed by atoms with van der Waals surface area (Å²) >= 11 is 1.32. The van der Waals surface area contributed by atoms with Gasteiger partial charge in [0.15, 0.2) is 0 Å². The summed E-state index contributed by atoms with van der Waals surface area (Å²) in [5, 5.41) is 5.05. The summed E-state index contributed by atoms with van der Waals surface area (Å²) in [6.07, 6.45) is 0.873. The molecule has 32 heavy (non-hydrogen) atoms. The smallest absolute Gasteiger partial charge is 0.325 e. The van der Waals surface area contributed by atoms with Crippen molar-refractivity contribution in [3.05, 3.63) is 77.1 Å². The standard InChI is InChI=1S/C23H20N4O4S/c1-4-13-32-23-24-21(30)20-16-9-5-7-11-18(16)26(14(2)28)22(27(20)25-23)17-10-6-8-12-19(17)31-15(3)29/h4-12,22H,1,13H2,2-3H3/p+1/t22-/m1/s1. The third-order valence-corrected chi connectivity index (χ3v) is 5.75. The largest absolute Gasteiger partial charge is 0.426 e. The van der Waals surface area contributed by atoms with E-state index in [1.807, 2.05) is 0 Å². The van der Waals surface area contributed by atoms with Gasteiger partial charge >= 0.3 is 17.2 Å². The Bertz CT molecular complexity index is 1290. The van der Waals surface area contributed by atoms with Crippen molar-refractivity contribution in [2.75, 3.05) is 10.7 Å². The zero-order valence-corrected chi connectivity index (χ0v) is 18.4. The van der Waals surface area contributed by atoms with Gasteiger partial charge in [-0.15, -0.1) is 6.58 Å². The molecule has 2 aromatic carbocycles. The monoisotopic (exact) mass is 449 g/mol. The fourth-order valence-corrected chi connectivity index (χ4v) is 4.32. The lowest BCUT2D eigenvalue weighted by Gasteiger charge is -2.31. The Kier molecular flexibility index (Phi) is 5.91. The van der Waals surface area contributed by atoms with Gasteiger partial charge in [-0.2, -0.15) is 0 Å². The fourth-order valence-electron chi connectivity index (χ4n) is 3.74. The molecule has 4 rings (SSSR count). The number of benzene rings is 2. The zero-order chi connectivity index (χ0) is 22.8. The van der Waals surface area contributed by atoms with Crippen LogP contribution < -0.4 is 19.9 Å². The second kappa shape index (κ2) is 8.80. The molecule has 8 nitrogen and oxygen atoms in total. The molecule has 0 fully saturated rings. The molecule has 1 atom stereocenters. The van der Waals surface area contributed by atoms with E-state index in [9.17, 15) is 14.4 Å². The van der Waals surface area contributed by atoms with Crippen molar-refractivity contribution in [2.24, 2.45) is 0 Å². The van der Waals surface area contributed by atoms with Crippen LogP contribution in [0.25, 0.3) is 11.3 Å². The van der Waals surface area contributed by atoms with Crippen molar-refractivity contribution in [1.82, 2.24) is 10.1 Å². The number of carbonyl (C=O) groups excluding carboxylic acids is 2. The number of esters is 1. The van der Waals surface area contributed by atoms with E-state index in [2.05, 4.69) is 16.7 Å². The molecule has 0 unspecified atom stereocenters. The molecular weight excluding hydrogens is 428 g/mol. The molecule has 0 spiro atoms. The first kappa shape index (κ1) is 21.5. The number of H-pyrrole nitrogens is 1. The van der Waals surface area contributed by atoms with Crippen molar-refractivity contribution in [2.45, 2.75) is 25.2 Å². The summed E-state index contributed by atoms with van der Waals surface area (Å²) in [6, 6.07) is 14.1. The summed E-state index contributed by atoms with van der Waals surface area (Å²) in [4.78, 5) is 42.2. The van der Waals surface area contributed by atoms with Crippen LogP contribution in [0.5, 0.6) is 5.75 Å². The number of thioether (sulfide) groups is 1. The molecule has 0 saturated heterocycles. The van der Waals surface area contributed by atoms with Gasteiger partial charge in [0.2, 0.25) is 11.1 Å². The fraction of sp³-hybridized carbons (Fsp3) is 0.174. The second-order valence-corrected chi connectivity index (χ2v) is 8.07. The number of rotatable bonds is 5. The first-order chi connectivity index (χ1) is 15.4. The van der Waals surface area contributed by atoms with Crippen LogP contribution in [0.4, 0.5) is 5.69 Å². The van der Waals surface area contributed by atoms with Crippen molar-refractivity contribution in [1.29, 1.82) is 0 Å². The number of ether oxygens (including phenoxy) is 1. The van der Waals surface area contributed by atoms with Gasteiger partial charge in [0.05, 0.1) is 16.8 Å². The van der Waals surface area contributed by atoms with E-state index in [0.717, 1.165) is 0 Å². The number of carbonyl (C=O) groups is 2. The number of para-hydroxylation sites is 2. The Balaban J connectivity index is 2.05. The lowest BCUT2D eigenvalue weighted by Crippen LogP contribution is -2.60. The molecule has 2 heterocycles. The van der Waals surface area contributed by atoms with Gasteiger partial charge in [-0.3, -0.25) is 19.4 Å². The van der Waals surface area contributed by atoms with E-state index >= 15 is 0 Å². The van der Waals surface area contributed by atoms with Crippen LogP contribution >= 0.6 is 11.8 Å². The van der Waals surface area contributed by atoms with Crippen LogP contribution in [0.3, 0.4) is 0 Å². The van der Waals surface area contributed by atoms with Gasteiger partial charge in [0, 0.05) is 24.7 Å². The molecule has 0 bridgehead atoms. The number of hydrogen-bond donors (Lipinski definition) is 1. The Labute approximate surface area is 188 Å². The van der Waals surface area contributed by atoms with E-state index in [1.165, 1.54) is 30.3 Å². The van der Waals surface area contributed by atoms with Crippen LogP contribution in [0.15, 0.2) is 71.1 Å².